The summed E-state index contributed by atoms with van der Waals surface area (Å²) in [5.41, 5.74) is 9.37. The molecule has 3 heterocycles. The molecule has 188 valence electrons. The van der Waals surface area contributed by atoms with E-state index in [0.717, 1.165) is 47.6 Å². The Labute approximate surface area is 205 Å². The SMILES string of the molecule is COc1cc(NC(=O)C2=C3CCCC(c4ccc(C(F)(F)F)cc4)N3NN2)ccc1-n1cnc(C)c1. The fraction of sp³-hybridized carbons (Fsp3) is 0.280. The first kappa shape index (κ1) is 23.7. The average molecular weight is 499 g/mol. The molecule has 0 aliphatic carbocycles. The van der Waals surface area contributed by atoms with Gasteiger partial charge >= 0.3 is 6.18 Å². The van der Waals surface area contributed by atoms with E-state index in [4.69, 9.17) is 4.74 Å². The number of methoxy groups -OCH3 is 1. The Morgan fingerprint density at radius 2 is 1.97 bits per heavy atom. The van der Waals surface area contributed by atoms with Crippen LogP contribution in [0.3, 0.4) is 0 Å². The van der Waals surface area contributed by atoms with Crippen LogP contribution in [0.2, 0.25) is 0 Å². The van der Waals surface area contributed by atoms with Crippen LogP contribution in [-0.4, -0.2) is 27.6 Å². The Kier molecular flexibility index (Phi) is 6.09. The fourth-order valence-electron chi connectivity index (χ4n) is 4.59. The molecule has 0 saturated carbocycles. The molecule has 11 heteroatoms. The normalized spacial score (nSPS) is 17.6. The number of benzene rings is 2. The molecule has 0 radical (unpaired) electrons. The Morgan fingerprint density at radius 1 is 1.19 bits per heavy atom. The summed E-state index contributed by atoms with van der Waals surface area (Å²) >= 11 is 0. The van der Waals surface area contributed by atoms with Crippen LogP contribution in [0.4, 0.5) is 18.9 Å². The number of fused-ring (bicyclic) bond motifs is 1. The number of allylic oxidation sites excluding steroid dienone is 1. The molecular formula is C25H25F3N6O2. The molecule has 36 heavy (non-hydrogen) atoms. The van der Waals surface area contributed by atoms with Crippen molar-refractivity contribution in [2.45, 2.75) is 38.4 Å². The second-order valence-electron chi connectivity index (χ2n) is 8.72. The van der Waals surface area contributed by atoms with Crippen LogP contribution in [0.1, 0.15) is 42.1 Å². The maximum Gasteiger partial charge on any atom is 0.416 e. The predicted molar refractivity (Wildman–Crippen MR) is 127 cm³/mol. The van der Waals surface area contributed by atoms with Gasteiger partial charge < -0.3 is 14.6 Å². The molecule has 5 rings (SSSR count). The van der Waals surface area contributed by atoms with Gasteiger partial charge in [0.25, 0.3) is 5.91 Å². The van der Waals surface area contributed by atoms with E-state index >= 15 is 0 Å². The second kappa shape index (κ2) is 9.23. The first-order valence-corrected chi connectivity index (χ1v) is 11.5. The second-order valence-corrected chi connectivity index (χ2v) is 8.72. The third-order valence-corrected chi connectivity index (χ3v) is 6.36. The highest BCUT2D eigenvalue weighted by molar-refractivity contribution is 6.04. The molecule has 2 aromatic carbocycles. The zero-order valence-corrected chi connectivity index (χ0v) is 19.7. The minimum Gasteiger partial charge on any atom is -0.494 e. The molecule has 1 fully saturated rings. The van der Waals surface area contributed by atoms with Crippen LogP contribution in [-0.2, 0) is 11.0 Å². The van der Waals surface area contributed by atoms with Crippen LogP contribution < -0.4 is 21.0 Å². The molecule has 3 N–H and O–H groups in total. The number of anilines is 1. The number of alkyl halides is 3. The van der Waals surface area contributed by atoms with Gasteiger partial charge in [0.2, 0.25) is 0 Å². The Balaban J connectivity index is 1.35. The number of rotatable bonds is 5. The summed E-state index contributed by atoms with van der Waals surface area (Å²) in [4.78, 5) is 17.4. The summed E-state index contributed by atoms with van der Waals surface area (Å²) in [7, 11) is 1.56. The fourth-order valence-corrected chi connectivity index (χ4v) is 4.59. The van der Waals surface area contributed by atoms with Crippen molar-refractivity contribution in [3.05, 3.63) is 83.2 Å². The van der Waals surface area contributed by atoms with Gasteiger partial charge in [0.05, 0.1) is 42.1 Å². The van der Waals surface area contributed by atoms with E-state index in [9.17, 15) is 18.0 Å². The summed E-state index contributed by atoms with van der Waals surface area (Å²) < 4.78 is 46.2. The number of nitrogens with one attached hydrogen (secondary N) is 3. The van der Waals surface area contributed by atoms with Gasteiger partial charge in [-0.05, 0) is 56.0 Å². The average Bonchev–Trinajstić information content (AvgIpc) is 3.49. The van der Waals surface area contributed by atoms with Crippen molar-refractivity contribution < 1.29 is 22.7 Å². The Bertz CT molecular complexity index is 1320. The first-order valence-electron chi connectivity index (χ1n) is 11.5. The largest absolute Gasteiger partial charge is 0.494 e. The number of piperidine rings is 1. The van der Waals surface area contributed by atoms with Crippen molar-refractivity contribution in [3.63, 3.8) is 0 Å². The maximum absolute atomic E-state index is 13.1. The molecule has 8 nitrogen and oxygen atoms in total. The van der Waals surface area contributed by atoms with E-state index in [0.29, 0.717) is 23.6 Å². The van der Waals surface area contributed by atoms with Crippen molar-refractivity contribution >= 4 is 11.6 Å². The standard InChI is InChI=1S/C25H25F3N6O2/c1-15-13-33(14-29-15)20-11-10-18(12-22(20)36-2)30-24(35)23-21-5-3-4-19(34(21)32-31-23)16-6-8-17(9-7-16)25(26,27)28/h6-14,19,31-32H,3-5H2,1-2H3,(H,30,35). The number of hydrazine groups is 2. The summed E-state index contributed by atoms with van der Waals surface area (Å²) in [5.74, 6) is 0.239. The van der Waals surface area contributed by atoms with Gasteiger partial charge in [-0.2, -0.15) is 13.2 Å². The van der Waals surface area contributed by atoms with E-state index in [1.165, 1.54) is 12.1 Å². The number of nitrogens with zero attached hydrogens (tertiary/aromatic N) is 3. The van der Waals surface area contributed by atoms with Gasteiger partial charge in [-0.3, -0.25) is 15.2 Å². The monoisotopic (exact) mass is 498 g/mol. The van der Waals surface area contributed by atoms with Gasteiger partial charge in [-0.1, -0.05) is 12.1 Å². The van der Waals surface area contributed by atoms with Gasteiger partial charge in [0, 0.05) is 18.0 Å². The summed E-state index contributed by atoms with van der Waals surface area (Å²) in [6, 6.07) is 10.3. The molecule has 1 amide bonds. The van der Waals surface area contributed by atoms with Crippen LogP contribution in [0.25, 0.3) is 5.69 Å². The van der Waals surface area contributed by atoms with Crippen molar-refractivity contribution in [2.75, 3.05) is 12.4 Å². The summed E-state index contributed by atoms with van der Waals surface area (Å²) in [5, 5.41) is 4.72. The van der Waals surface area contributed by atoms with Gasteiger partial charge in [-0.15, -0.1) is 5.53 Å². The van der Waals surface area contributed by atoms with Gasteiger partial charge in [0.15, 0.2) is 0 Å². The quantitative estimate of drug-likeness (QED) is 0.477. The van der Waals surface area contributed by atoms with Crippen LogP contribution >= 0.6 is 0 Å². The minimum atomic E-state index is -4.38. The number of hydrogen-bond donors (Lipinski definition) is 3. The summed E-state index contributed by atoms with van der Waals surface area (Å²) in [6.07, 6.45) is 1.38. The van der Waals surface area contributed by atoms with Crippen LogP contribution in [0, 0.1) is 6.92 Å². The number of ether oxygens (including phenoxy) is 1. The Hall–Kier alpha value is -3.99. The van der Waals surface area contributed by atoms with E-state index in [-0.39, 0.29) is 11.9 Å². The molecule has 2 aliphatic rings. The lowest BCUT2D eigenvalue weighted by Crippen LogP contribution is -2.42. The number of hydrogen-bond acceptors (Lipinski definition) is 6. The van der Waals surface area contributed by atoms with Crippen LogP contribution in [0.15, 0.2) is 66.4 Å². The molecular weight excluding hydrogens is 473 g/mol. The van der Waals surface area contributed by atoms with E-state index < -0.39 is 11.7 Å². The lowest BCUT2D eigenvalue weighted by Gasteiger charge is -2.35. The number of aryl methyl sites for hydroxylation is 1. The summed E-state index contributed by atoms with van der Waals surface area (Å²) in [6.45, 7) is 1.89. The molecule has 1 saturated heterocycles. The molecule has 3 aromatic rings. The number of amides is 1. The Morgan fingerprint density at radius 3 is 2.64 bits per heavy atom. The van der Waals surface area contributed by atoms with Crippen molar-refractivity contribution in [1.29, 1.82) is 0 Å². The smallest absolute Gasteiger partial charge is 0.416 e. The number of halogens is 3. The predicted octanol–water partition coefficient (Wildman–Crippen LogP) is 4.61. The zero-order chi connectivity index (χ0) is 25.4. The van der Waals surface area contributed by atoms with E-state index in [1.54, 1.807) is 25.6 Å². The molecule has 0 spiro atoms. The molecule has 2 aliphatic heterocycles. The topological polar surface area (TPSA) is 83.5 Å². The number of carbonyl (C=O) groups excluding carboxylic acids is 1. The van der Waals surface area contributed by atoms with E-state index in [1.807, 2.05) is 28.8 Å². The number of imidazole rings is 1. The lowest BCUT2D eigenvalue weighted by atomic mass is 9.94. The van der Waals surface area contributed by atoms with Crippen molar-refractivity contribution in [3.8, 4) is 11.4 Å². The van der Waals surface area contributed by atoms with Gasteiger partial charge in [0.1, 0.15) is 11.4 Å². The molecule has 0 bridgehead atoms. The third-order valence-electron chi connectivity index (χ3n) is 6.36. The van der Waals surface area contributed by atoms with E-state index in [2.05, 4.69) is 21.3 Å². The van der Waals surface area contributed by atoms with Crippen molar-refractivity contribution in [2.24, 2.45) is 0 Å². The molecule has 1 aromatic heterocycles. The third kappa shape index (κ3) is 4.49. The highest BCUT2D eigenvalue weighted by atomic mass is 19.4. The van der Waals surface area contributed by atoms with Gasteiger partial charge in [-0.25, -0.2) is 4.98 Å². The lowest BCUT2D eigenvalue weighted by molar-refractivity contribution is -0.137. The number of aromatic nitrogens is 2. The highest BCUT2D eigenvalue weighted by Crippen LogP contribution is 2.39. The van der Waals surface area contributed by atoms with Crippen LogP contribution in [0.5, 0.6) is 5.75 Å². The number of carbonyl (C=O) groups is 1. The highest BCUT2D eigenvalue weighted by Gasteiger charge is 2.36. The first-order chi connectivity index (χ1) is 17.2. The molecule has 1 unspecified atom stereocenters. The minimum absolute atomic E-state index is 0.202. The molecule has 1 atom stereocenters. The maximum atomic E-state index is 13.1. The zero-order valence-electron chi connectivity index (χ0n) is 19.7. The van der Waals surface area contributed by atoms with Crippen molar-refractivity contribution in [1.82, 2.24) is 25.5 Å².